The second-order valence-corrected chi connectivity index (χ2v) is 6.66. The summed E-state index contributed by atoms with van der Waals surface area (Å²) < 4.78 is 0. The standard InChI is InChI=1S/C19H19Cl2N3O/c1-2-3-11-22-18-17(13-7-5-4-6-8-13)24(19(25)23-18)14-9-10-15(20)16(21)12-14/h4-10,12,17H,2-3,11H2,1H3,(H,22,23,25). The first-order chi connectivity index (χ1) is 12.1. The first-order valence-electron chi connectivity index (χ1n) is 8.27. The van der Waals surface area contributed by atoms with Gasteiger partial charge in [0.2, 0.25) is 0 Å². The van der Waals surface area contributed by atoms with Crippen LogP contribution in [0.2, 0.25) is 10.0 Å². The molecule has 2 amide bonds. The van der Waals surface area contributed by atoms with Gasteiger partial charge >= 0.3 is 6.03 Å². The SMILES string of the molecule is CCCCNC1=NC(=O)N(c2ccc(Cl)c(Cl)c2)C1c1ccccc1. The van der Waals surface area contributed by atoms with Gasteiger partial charge in [-0.25, -0.2) is 4.79 Å². The Morgan fingerprint density at radius 2 is 1.88 bits per heavy atom. The van der Waals surface area contributed by atoms with Crippen LogP contribution in [0, 0.1) is 0 Å². The fraction of sp³-hybridized carbons (Fsp3) is 0.263. The van der Waals surface area contributed by atoms with E-state index in [1.807, 2.05) is 30.3 Å². The zero-order valence-corrected chi connectivity index (χ0v) is 15.4. The van der Waals surface area contributed by atoms with E-state index in [2.05, 4.69) is 17.2 Å². The minimum absolute atomic E-state index is 0.303. The molecule has 2 aromatic carbocycles. The number of amides is 2. The molecule has 0 radical (unpaired) electrons. The highest BCUT2D eigenvalue weighted by molar-refractivity contribution is 6.42. The highest BCUT2D eigenvalue weighted by Gasteiger charge is 2.37. The van der Waals surface area contributed by atoms with E-state index in [0.717, 1.165) is 24.9 Å². The smallest absolute Gasteiger partial charge is 0.350 e. The molecule has 6 heteroatoms. The number of nitrogens with one attached hydrogen (secondary N) is 1. The van der Waals surface area contributed by atoms with E-state index in [-0.39, 0.29) is 12.1 Å². The number of urea groups is 1. The zero-order chi connectivity index (χ0) is 17.8. The first kappa shape index (κ1) is 17.8. The van der Waals surface area contributed by atoms with Crippen LogP contribution in [0.25, 0.3) is 0 Å². The Bertz CT molecular complexity index is 793. The zero-order valence-electron chi connectivity index (χ0n) is 13.9. The van der Waals surface area contributed by atoms with Crippen LogP contribution < -0.4 is 10.2 Å². The van der Waals surface area contributed by atoms with Crippen molar-refractivity contribution < 1.29 is 4.79 Å². The first-order valence-corrected chi connectivity index (χ1v) is 9.03. The van der Waals surface area contributed by atoms with E-state index in [4.69, 9.17) is 23.2 Å². The second kappa shape index (κ2) is 7.89. The predicted molar refractivity (Wildman–Crippen MR) is 104 cm³/mol. The van der Waals surface area contributed by atoms with Gasteiger partial charge in [0, 0.05) is 12.2 Å². The second-order valence-electron chi connectivity index (χ2n) is 5.84. The molecule has 0 spiro atoms. The number of hydrogen-bond acceptors (Lipinski definition) is 2. The van der Waals surface area contributed by atoms with Gasteiger partial charge in [0.25, 0.3) is 0 Å². The van der Waals surface area contributed by atoms with Crippen molar-refractivity contribution in [1.82, 2.24) is 5.32 Å². The number of carbonyl (C=O) groups excluding carboxylic acids is 1. The molecule has 0 saturated heterocycles. The Labute approximate surface area is 157 Å². The lowest BCUT2D eigenvalue weighted by atomic mass is 10.0. The summed E-state index contributed by atoms with van der Waals surface area (Å²) in [4.78, 5) is 18.5. The summed E-state index contributed by atoms with van der Waals surface area (Å²) >= 11 is 12.2. The summed E-state index contributed by atoms with van der Waals surface area (Å²) in [5, 5.41) is 4.18. The van der Waals surface area contributed by atoms with E-state index in [1.54, 1.807) is 23.1 Å². The lowest BCUT2D eigenvalue weighted by molar-refractivity contribution is 0.255. The Kier molecular flexibility index (Phi) is 5.61. The normalized spacial score (nSPS) is 16.9. The van der Waals surface area contributed by atoms with Crippen LogP contribution in [0.15, 0.2) is 53.5 Å². The van der Waals surface area contributed by atoms with Gasteiger partial charge in [-0.05, 0) is 30.2 Å². The lowest BCUT2D eigenvalue weighted by Crippen LogP contribution is -2.36. The third-order valence-electron chi connectivity index (χ3n) is 4.07. The van der Waals surface area contributed by atoms with Crippen LogP contribution >= 0.6 is 23.2 Å². The Morgan fingerprint density at radius 1 is 1.12 bits per heavy atom. The number of rotatable bonds is 5. The third kappa shape index (κ3) is 3.80. The number of halogens is 2. The number of aliphatic imine (C=N–C) groups is 1. The van der Waals surface area contributed by atoms with Crippen molar-refractivity contribution in [3.05, 3.63) is 64.1 Å². The lowest BCUT2D eigenvalue weighted by Gasteiger charge is -2.26. The van der Waals surface area contributed by atoms with Crippen molar-refractivity contribution >= 4 is 40.8 Å². The van der Waals surface area contributed by atoms with Gasteiger partial charge in [-0.15, -0.1) is 0 Å². The quantitative estimate of drug-likeness (QED) is 0.704. The summed E-state index contributed by atoms with van der Waals surface area (Å²) in [6, 6.07) is 14.4. The molecule has 1 aliphatic rings. The molecule has 3 rings (SSSR count). The van der Waals surface area contributed by atoms with Crippen LogP contribution in [0.1, 0.15) is 31.4 Å². The predicted octanol–water partition coefficient (Wildman–Crippen LogP) is 5.46. The van der Waals surface area contributed by atoms with Crippen LogP contribution in [-0.2, 0) is 0 Å². The van der Waals surface area contributed by atoms with Crippen LogP contribution in [-0.4, -0.2) is 18.4 Å². The highest BCUT2D eigenvalue weighted by atomic mass is 35.5. The van der Waals surface area contributed by atoms with Crippen LogP contribution in [0.5, 0.6) is 0 Å². The summed E-state index contributed by atoms with van der Waals surface area (Å²) in [6.07, 6.45) is 2.09. The van der Waals surface area contributed by atoms with E-state index in [0.29, 0.717) is 21.6 Å². The molecule has 0 aromatic heterocycles. The van der Waals surface area contributed by atoms with Gasteiger partial charge in [0.05, 0.1) is 10.0 Å². The molecule has 1 atom stereocenters. The molecule has 1 aliphatic heterocycles. The number of carbonyl (C=O) groups is 1. The molecule has 2 aromatic rings. The molecule has 1 unspecified atom stereocenters. The van der Waals surface area contributed by atoms with Gasteiger partial charge < -0.3 is 5.32 Å². The number of anilines is 1. The summed E-state index contributed by atoms with van der Waals surface area (Å²) in [5.74, 6) is 0.663. The number of unbranched alkanes of at least 4 members (excludes halogenated alkanes) is 1. The Morgan fingerprint density at radius 3 is 2.56 bits per heavy atom. The molecule has 0 fully saturated rings. The minimum atomic E-state index is -0.314. The van der Waals surface area contributed by atoms with Crippen molar-refractivity contribution in [3.8, 4) is 0 Å². The number of benzene rings is 2. The molecule has 130 valence electrons. The average molecular weight is 376 g/mol. The molecular weight excluding hydrogens is 357 g/mol. The molecule has 0 bridgehead atoms. The largest absolute Gasteiger partial charge is 0.371 e. The van der Waals surface area contributed by atoms with E-state index < -0.39 is 0 Å². The van der Waals surface area contributed by atoms with Gasteiger partial charge in [-0.1, -0.05) is 66.9 Å². The molecule has 25 heavy (non-hydrogen) atoms. The van der Waals surface area contributed by atoms with Gasteiger partial charge in [-0.2, -0.15) is 4.99 Å². The van der Waals surface area contributed by atoms with Crippen molar-refractivity contribution in [2.24, 2.45) is 4.99 Å². The summed E-state index contributed by atoms with van der Waals surface area (Å²) in [7, 11) is 0. The molecular formula is C19H19Cl2N3O. The number of amidine groups is 1. The average Bonchev–Trinajstić information content (AvgIpc) is 2.94. The highest BCUT2D eigenvalue weighted by Crippen LogP contribution is 2.36. The molecule has 0 saturated carbocycles. The van der Waals surface area contributed by atoms with Gasteiger partial charge in [0.15, 0.2) is 0 Å². The van der Waals surface area contributed by atoms with Gasteiger partial charge in [0.1, 0.15) is 11.9 Å². The van der Waals surface area contributed by atoms with E-state index in [9.17, 15) is 4.79 Å². The number of hydrogen-bond donors (Lipinski definition) is 1. The van der Waals surface area contributed by atoms with Crippen molar-refractivity contribution in [3.63, 3.8) is 0 Å². The van der Waals surface area contributed by atoms with Crippen LogP contribution in [0.3, 0.4) is 0 Å². The topological polar surface area (TPSA) is 44.7 Å². The Hall–Kier alpha value is -2.04. The van der Waals surface area contributed by atoms with E-state index in [1.165, 1.54) is 0 Å². The Balaban J connectivity index is 1.98. The fourth-order valence-electron chi connectivity index (χ4n) is 2.82. The molecule has 0 aliphatic carbocycles. The maximum atomic E-state index is 12.6. The maximum Gasteiger partial charge on any atom is 0.350 e. The molecule has 1 N–H and O–H groups in total. The molecule has 1 heterocycles. The van der Waals surface area contributed by atoms with Crippen molar-refractivity contribution in [2.45, 2.75) is 25.8 Å². The number of nitrogens with zero attached hydrogens (tertiary/aromatic N) is 2. The summed E-state index contributed by atoms with van der Waals surface area (Å²) in [5.41, 5.74) is 1.66. The summed E-state index contributed by atoms with van der Waals surface area (Å²) in [6.45, 7) is 2.90. The fourth-order valence-corrected chi connectivity index (χ4v) is 3.11. The van der Waals surface area contributed by atoms with Crippen LogP contribution in [0.4, 0.5) is 10.5 Å². The monoisotopic (exact) mass is 375 g/mol. The van der Waals surface area contributed by atoms with E-state index >= 15 is 0 Å². The molecule has 4 nitrogen and oxygen atoms in total. The van der Waals surface area contributed by atoms with Gasteiger partial charge in [-0.3, -0.25) is 4.90 Å². The van der Waals surface area contributed by atoms with Crippen molar-refractivity contribution in [1.29, 1.82) is 0 Å². The van der Waals surface area contributed by atoms with Crippen molar-refractivity contribution in [2.75, 3.05) is 11.4 Å². The minimum Gasteiger partial charge on any atom is -0.371 e. The third-order valence-corrected chi connectivity index (χ3v) is 4.81. The maximum absolute atomic E-state index is 12.6.